The Bertz CT molecular complexity index is 1170. The number of nitrogens with one attached hydrogen (secondary N) is 1. The van der Waals surface area contributed by atoms with E-state index in [4.69, 9.17) is 26.5 Å². The fourth-order valence-electron chi connectivity index (χ4n) is 4.16. The number of benzene rings is 2. The van der Waals surface area contributed by atoms with Crippen molar-refractivity contribution in [3.05, 3.63) is 71.2 Å². The van der Waals surface area contributed by atoms with Gasteiger partial charge in [-0.05, 0) is 61.7 Å². The minimum absolute atomic E-state index is 0.206. The van der Waals surface area contributed by atoms with Crippen LogP contribution in [-0.4, -0.2) is 33.3 Å². The quantitative estimate of drug-likeness (QED) is 0.399. The van der Waals surface area contributed by atoms with Crippen LogP contribution >= 0.6 is 12.2 Å². The molecule has 1 N–H and O–H groups in total. The van der Waals surface area contributed by atoms with Gasteiger partial charge >= 0.3 is 0 Å². The van der Waals surface area contributed by atoms with E-state index < -0.39 is 0 Å². The van der Waals surface area contributed by atoms with Gasteiger partial charge in [-0.25, -0.2) is 0 Å². The van der Waals surface area contributed by atoms with Gasteiger partial charge in [0.1, 0.15) is 5.75 Å². The van der Waals surface area contributed by atoms with Gasteiger partial charge < -0.3 is 19.5 Å². The van der Waals surface area contributed by atoms with Gasteiger partial charge in [0.25, 0.3) is 5.89 Å². The van der Waals surface area contributed by atoms with E-state index in [-0.39, 0.29) is 6.04 Å². The average molecular weight is 477 g/mol. The first kappa shape index (κ1) is 24.0. The Morgan fingerprint density at radius 3 is 2.41 bits per heavy atom. The van der Waals surface area contributed by atoms with Crippen LogP contribution < -0.4 is 10.1 Å². The summed E-state index contributed by atoms with van der Waals surface area (Å²) in [5.74, 6) is 2.35. The van der Waals surface area contributed by atoms with Crippen molar-refractivity contribution in [2.45, 2.75) is 47.1 Å². The average Bonchev–Trinajstić information content (AvgIpc) is 3.32. The molecule has 1 aromatic heterocycles. The molecule has 1 atom stereocenters. The summed E-state index contributed by atoms with van der Waals surface area (Å²) in [6.45, 7) is 12.0. The van der Waals surface area contributed by atoms with Crippen molar-refractivity contribution in [1.29, 1.82) is 0 Å². The van der Waals surface area contributed by atoms with E-state index in [0.717, 1.165) is 41.1 Å². The van der Waals surface area contributed by atoms with Gasteiger partial charge in [-0.3, -0.25) is 0 Å². The molecule has 1 aliphatic rings. The van der Waals surface area contributed by atoms with Crippen molar-refractivity contribution in [3.8, 4) is 17.1 Å². The van der Waals surface area contributed by atoms with Crippen LogP contribution in [0.5, 0.6) is 5.75 Å². The standard InChI is InChI=1S/C27H32N4O2S/c1-6-19-8-10-21(11-9-19)25-29-26(33-30-25)23-18(5)31(16-17(3)4)27(34)28-24(23)20-12-14-22(15-13-20)32-7-2/h8-15,17,24H,6-7,16H2,1-5H3,(H,28,34). The van der Waals surface area contributed by atoms with Gasteiger partial charge in [-0.1, -0.05) is 62.3 Å². The molecule has 34 heavy (non-hydrogen) atoms. The molecule has 6 nitrogen and oxygen atoms in total. The summed E-state index contributed by atoms with van der Waals surface area (Å²) in [6, 6.07) is 16.1. The molecule has 3 aromatic rings. The third-order valence-corrected chi connectivity index (χ3v) is 6.28. The Morgan fingerprint density at radius 1 is 1.09 bits per heavy atom. The lowest BCUT2D eigenvalue weighted by Crippen LogP contribution is -2.47. The molecule has 178 valence electrons. The first-order valence-electron chi connectivity index (χ1n) is 11.9. The topological polar surface area (TPSA) is 63.4 Å². The molecule has 0 aliphatic carbocycles. The zero-order chi connectivity index (χ0) is 24.2. The molecule has 0 saturated heterocycles. The highest BCUT2D eigenvalue weighted by atomic mass is 32.1. The summed E-state index contributed by atoms with van der Waals surface area (Å²) >= 11 is 5.76. The molecular weight excluding hydrogens is 444 g/mol. The molecule has 0 fully saturated rings. The third kappa shape index (κ3) is 4.99. The minimum atomic E-state index is -0.206. The number of rotatable bonds is 8. The van der Waals surface area contributed by atoms with Crippen molar-refractivity contribution in [2.75, 3.05) is 13.2 Å². The summed E-state index contributed by atoms with van der Waals surface area (Å²) in [4.78, 5) is 6.93. The number of ether oxygens (including phenoxy) is 1. The van der Waals surface area contributed by atoms with Crippen LogP contribution in [-0.2, 0) is 6.42 Å². The normalized spacial score (nSPS) is 16.2. The lowest BCUT2D eigenvalue weighted by Gasteiger charge is -2.38. The van der Waals surface area contributed by atoms with Crippen LogP contribution in [0.25, 0.3) is 17.0 Å². The molecule has 0 radical (unpaired) electrons. The van der Waals surface area contributed by atoms with Crippen molar-refractivity contribution in [1.82, 2.24) is 20.4 Å². The van der Waals surface area contributed by atoms with Crippen molar-refractivity contribution in [3.63, 3.8) is 0 Å². The second kappa shape index (κ2) is 10.4. The Labute approximate surface area is 207 Å². The van der Waals surface area contributed by atoms with Crippen molar-refractivity contribution >= 4 is 22.9 Å². The van der Waals surface area contributed by atoms with Gasteiger partial charge in [0, 0.05) is 17.8 Å². The highest BCUT2D eigenvalue weighted by molar-refractivity contribution is 7.80. The number of hydrogen-bond acceptors (Lipinski definition) is 5. The molecule has 0 amide bonds. The van der Waals surface area contributed by atoms with Crippen LogP contribution in [0.15, 0.2) is 58.8 Å². The van der Waals surface area contributed by atoms with E-state index in [1.807, 2.05) is 31.2 Å². The van der Waals surface area contributed by atoms with Crippen LogP contribution in [0.1, 0.15) is 57.7 Å². The predicted molar refractivity (Wildman–Crippen MR) is 139 cm³/mol. The molecule has 1 aliphatic heterocycles. The maximum atomic E-state index is 5.83. The first-order valence-corrected chi connectivity index (χ1v) is 12.3. The Balaban J connectivity index is 1.76. The zero-order valence-electron chi connectivity index (χ0n) is 20.5. The lowest BCUT2D eigenvalue weighted by molar-refractivity contribution is 0.340. The van der Waals surface area contributed by atoms with Crippen LogP contribution in [0.4, 0.5) is 0 Å². The lowest BCUT2D eigenvalue weighted by atomic mass is 9.94. The second-order valence-electron chi connectivity index (χ2n) is 8.86. The summed E-state index contributed by atoms with van der Waals surface area (Å²) in [7, 11) is 0. The second-order valence-corrected chi connectivity index (χ2v) is 9.25. The fourth-order valence-corrected chi connectivity index (χ4v) is 4.49. The smallest absolute Gasteiger partial charge is 0.258 e. The van der Waals surface area contributed by atoms with E-state index in [0.29, 0.717) is 29.4 Å². The molecule has 7 heteroatoms. The van der Waals surface area contributed by atoms with Crippen LogP contribution in [0.2, 0.25) is 0 Å². The highest BCUT2D eigenvalue weighted by Gasteiger charge is 2.34. The summed E-state index contributed by atoms with van der Waals surface area (Å²) in [5, 5.41) is 8.52. The third-order valence-electron chi connectivity index (χ3n) is 5.95. The number of aryl methyl sites for hydroxylation is 1. The molecule has 2 aromatic carbocycles. The van der Waals surface area contributed by atoms with Gasteiger partial charge in [0.2, 0.25) is 5.82 Å². The van der Waals surface area contributed by atoms with E-state index in [2.05, 4.69) is 67.3 Å². The van der Waals surface area contributed by atoms with Crippen LogP contribution in [0, 0.1) is 5.92 Å². The Morgan fingerprint density at radius 2 is 1.79 bits per heavy atom. The molecule has 1 unspecified atom stereocenters. The number of nitrogens with zero attached hydrogens (tertiary/aromatic N) is 3. The van der Waals surface area contributed by atoms with E-state index in [1.165, 1.54) is 5.56 Å². The van der Waals surface area contributed by atoms with Crippen molar-refractivity contribution < 1.29 is 9.26 Å². The zero-order valence-corrected chi connectivity index (χ0v) is 21.3. The molecule has 4 rings (SSSR count). The van der Waals surface area contributed by atoms with Gasteiger partial charge in [-0.15, -0.1) is 0 Å². The first-order chi connectivity index (χ1) is 16.4. The largest absolute Gasteiger partial charge is 0.494 e. The number of allylic oxidation sites excluding steroid dienone is 1. The SMILES string of the molecule is CCOc1ccc(C2NC(=S)N(CC(C)C)C(C)=C2c2nc(-c3ccc(CC)cc3)no2)cc1. The summed E-state index contributed by atoms with van der Waals surface area (Å²) in [6.07, 6.45) is 0.991. The van der Waals surface area contributed by atoms with Crippen LogP contribution in [0.3, 0.4) is 0 Å². The molecule has 0 spiro atoms. The number of hydrogen-bond donors (Lipinski definition) is 1. The number of thiocarbonyl (C=S) groups is 1. The van der Waals surface area contributed by atoms with Crippen molar-refractivity contribution in [2.24, 2.45) is 5.92 Å². The maximum Gasteiger partial charge on any atom is 0.258 e. The maximum absolute atomic E-state index is 5.83. The summed E-state index contributed by atoms with van der Waals surface area (Å²) in [5.41, 5.74) is 5.21. The van der Waals surface area contributed by atoms with E-state index in [1.54, 1.807) is 0 Å². The monoisotopic (exact) mass is 476 g/mol. The molecule has 2 heterocycles. The molecule has 0 saturated carbocycles. The van der Waals surface area contributed by atoms with Gasteiger partial charge in [0.15, 0.2) is 5.11 Å². The minimum Gasteiger partial charge on any atom is -0.494 e. The van der Waals surface area contributed by atoms with E-state index >= 15 is 0 Å². The highest BCUT2D eigenvalue weighted by Crippen LogP contribution is 2.38. The Kier molecular flexibility index (Phi) is 7.32. The number of aromatic nitrogens is 2. The molecule has 0 bridgehead atoms. The van der Waals surface area contributed by atoms with Gasteiger partial charge in [0.05, 0.1) is 18.2 Å². The summed E-state index contributed by atoms with van der Waals surface area (Å²) < 4.78 is 11.5. The van der Waals surface area contributed by atoms with E-state index in [9.17, 15) is 0 Å². The fraction of sp³-hybridized carbons (Fsp3) is 0.370. The Hall–Kier alpha value is -3.19. The predicted octanol–water partition coefficient (Wildman–Crippen LogP) is 6.02. The molecular formula is C27H32N4O2S. The van der Waals surface area contributed by atoms with Gasteiger partial charge in [-0.2, -0.15) is 4.98 Å².